The van der Waals surface area contributed by atoms with E-state index in [2.05, 4.69) is 141 Å². The Labute approximate surface area is 331 Å². The monoisotopic (exact) mass is 726 g/mol. The largest absolute Gasteiger partial charge is 0.208 e. The van der Waals surface area contributed by atoms with Crippen molar-refractivity contribution in [3.05, 3.63) is 163 Å². The van der Waals surface area contributed by atoms with Crippen molar-refractivity contribution < 1.29 is 0 Å². The fraction of sp³-hybridized carbons (Fsp3) is 0.231. The first kappa shape index (κ1) is 35.5. The van der Waals surface area contributed by atoms with Gasteiger partial charge in [0.15, 0.2) is 17.5 Å². The summed E-state index contributed by atoms with van der Waals surface area (Å²) in [6.45, 7) is 4.84. The molecule has 4 atom stereocenters. The summed E-state index contributed by atoms with van der Waals surface area (Å²) < 4.78 is 0. The van der Waals surface area contributed by atoms with Gasteiger partial charge in [0, 0.05) is 16.7 Å². The van der Waals surface area contributed by atoms with Crippen LogP contribution < -0.4 is 0 Å². The van der Waals surface area contributed by atoms with Crippen molar-refractivity contribution in [1.82, 2.24) is 15.0 Å². The lowest BCUT2D eigenvalue weighted by molar-refractivity contribution is 0.0702. The normalized spacial score (nSPS) is 20.3. The van der Waals surface area contributed by atoms with Crippen LogP contribution in [0.3, 0.4) is 0 Å². The number of nitriles is 1. The molecule has 4 heteroatoms. The van der Waals surface area contributed by atoms with Crippen molar-refractivity contribution in [3.8, 4) is 73.6 Å². The van der Waals surface area contributed by atoms with E-state index < -0.39 is 0 Å². The van der Waals surface area contributed by atoms with Crippen LogP contribution in [0.1, 0.15) is 63.5 Å². The van der Waals surface area contributed by atoms with Gasteiger partial charge in [0.2, 0.25) is 0 Å². The predicted octanol–water partition coefficient (Wildman–Crippen LogP) is 13.2. The third-order valence-corrected chi connectivity index (χ3v) is 12.4. The van der Waals surface area contributed by atoms with Gasteiger partial charge in [-0.25, -0.2) is 15.0 Å². The van der Waals surface area contributed by atoms with Crippen LogP contribution in [0.4, 0.5) is 0 Å². The fourth-order valence-electron chi connectivity index (χ4n) is 9.77. The summed E-state index contributed by atoms with van der Waals surface area (Å²) in [4.78, 5) is 15.4. The van der Waals surface area contributed by atoms with E-state index in [4.69, 9.17) is 20.2 Å². The van der Waals surface area contributed by atoms with Crippen LogP contribution in [0.25, 0.3) is 67.5 Å². The van der Waals surface area contributed by atoms with Crippen LogP contribution >= 0.6 is 0 Å². The Hall–Kier alpha value is -6.18. The lowest BCUT2D eigenvalue weighted by atomic mass is 9.54. The van der Waals surface area contributed by atoms with Gasteiger partial charge in [0.25, 0.3) is 0 Å². The molecule has 2 bridgehead atoms. The number of fused-ring (bicyclic) bond motifs is 2. The molecule has 4 nitrogen and oxygen atoms in total. The van der Waals surface area contributed by atoms with Crippen molar-refractivity contribution in [2.24, 2.45) is 17.8 Å². The average Bonchev–Trinajstić information content (AvgIpc) is 3.26. The highest BCUT2D eigenvalue weighted by Gasteiger charge is 2.45. The van der Waals surface area contributed by atoms with E-state index in [1.165, 1.54) is 44.1 Å². The second-order valence-corrected chi connectivity index (χ2v) is 16.3. The first-order chi connectivity index (χ1) is 27.4. The van der Waals surface area contributed by atoms with E-state index in [0.717, 1.165) is 67.8 Å². The molecule has 274 valence electrons. The van der Waals surface area contributed by atoms with Gasteiger partial charge in [0.1, 0.15) is 0 Å². The van der Waals surface area contributed by atoms with E-state index in [1.807, 2.05) is 30.3 Å². The topological polar surface area (TPSA) is 62.5 Å². The van der Waals surface area contributed by atoms with Crippen LogP contribution in [0.2, 0.25) is 0 Å². The second-order valence-electron chi connectivity index (χ2n) is 16.3. The van der Waals surface area contributed by atoms with Crippen LogP contribution in [-0.2, 0) is 5.41 Å². The summed E-state index contributed by atoms with van der Waals surface area (Å²) in [5.74, 6) is 4.44. The molecule has 2 saturated carbocycles. The number of hydrogen-bond acceptors (Lipinski definition) is 4. The molecule has 1 heterocycles. The van der Waals surface area contributed by atoms with Gasteiger partial charge in [0.05, 0.1) is 11.6 Å². The van der Waals surface area contributed by atoms with Crippen LogP contribution in [0.5, 0.6) is 0 Å². The Morgan fingerprint density at radius 2 is 1.00 bits per heavy atom. The highest BCUT2D eigenvalue weighted by molar-refractivity contribution is 5.75. The Morgan fingerprint density at radius 3 is 1.57 bits per heavy atom. The molecular formula is C52H46N4. The number of hydrogen-bond donors (Lipinski definition) is 0. The summed E-state index contributed by atoms with van der Waals surface area (Å²) in [7, 11) is 0. The predicted molar refractivity (Wildman–Crippen MR) is 228 cm³/mol. The molecule has 2 aliphatic carbocycles. The van der Waals surface area contributed by atoms with Gasteiger partial charge in [-0.05, 0) is 112 Å². The Bertz CT molecular complexity index is 2490. The minimum absolute atomic E-state index is 0.277. The zero-order valence-corrected chi connectivity index (χ0v) is 32.2. The average molecular weight is 727 g/mol. The summed E-state index contributed by atoms with van der Waals surface area (Å²) in [5.41, 5.74) is 12.1. The molecule has 0 N–H and O–H groups in total. The molecule has 2 fully saturated rings. The molecule has 6 aromatic carbocycles. The maximum atomic E-state index is 9.17. The highest BCUT2D eigenvalue weighted by atomic mass is 15.0. The molecular weight excluding hydrogens is 681 g/mol. The van der Waals surface area contributed by atoms with E-state index in [1.54, 1.807) is 0 Å². The number of aromatic nitrogens is 3. The van der Waals surface area contributed by atoms with Gasteiger partial charge in [-0.1, -0.05) is 154 Å². The SMILES string of the molecule is CC[C@@H]1C[C@@H]2C[C@H](C)CC(c3ccc(-c4nc(-c5ccc(-c6ccc(-c7ccc(C#N)cc7)cc6)cc5)nc(-c5cccc(-c6ccccc6)c5)n4)cc3)(C1)C2. The van der Waals surface area contributed by atoms with E-state index in [-0.39, 0.29) is 5.41 Å². The molecule has 7 aromatic rings. The van der Waals surface area contributed by atoms with Gasteiger partial charge in [-0.15, -0.1) is 0 Å². The minimum atomic E-state index is 0.277. The standard InChI is InChI=1S/C52H46N4/c1-3-36-29-38-28-35(2)31-52(32-36,33-38)48-26-24-45(25-27-48)50-54-49(55-51(56-50)47-11-7-10-46(30-47)39-8-5-4-6-9-39)44-22-20-43(21-23-44)42-18-16-41(17-19-42)40-14-12-37(34-53)13-15-40/h4-27,30,35-36,38H,3,28-29,31-33H2,1-2H3/t35-,36+,38-,52?/m0/s1. The summed E-state index contributed by atoms with van der Waals surface area (Å²) in [5, 5.41) is 9.17. The van der Waals surface area contributed by atoms with Crippen molar-refractivity contribution in [1.29, 1.82) is 5.26 Å². The molecule has 0 amide bonds. The molecule has 0 aliphatic heterocycles. The molecule has 1 aromatic heterocycles. The highest BCUT2D eigenvalue weighted by Crippen LogP contribution is 2.54. The summed E-state index contributed by atoms with van der Waals surface area (Å²) >= 11 is 0. The Kier molecular flexibility index (Phi) is 9.61. The fourth-order valence-corrected chi connectivity index (χ4v) is 9.77. The maximum absolute atomic E-state index is 9.17. The quantitative estimate of drug-likeness (QED) is 0.156. The summed E-state index contributed by atoms with van der Waals surface area (Å²) in [6, 6.07) is 55.2. The number of rotatable bonds is 8. The smallest absolute Gasteiger partial charge is 0.164 e. The van der Waals surface area contributed by atoms with Crippen LogP contribution in [0, 0.1) is 29.1 Å². The van der Waals surface area contributed by atoms with Gasteiger partial charge >= 0.3 is 0 Å². The van der Waals surface area contributed by atoms with Crippen molar-refractivity contribution in [3.63, 3.8) is 0 Å². The van der Waals surface area contributed by atoms with Crippen LogP contribution in [-0.4, -0.2) is 15.0 Å². The van der Waals surface area contributed by atoms with Gasteiger partial charge in [-0.2, -0.15) is 5.26 Å². The van der Waals surface area contributed by atoms with Crippen molar-refractivity contribution in [2.75, 3.05) is 0 Å². The number of benzene rings is 6. The first-order valence-electron chi connectivity index (χ1n) is 20.2. The van der Waals surface area contributed by atoms with E-state index in [0.29, 0.717) is 23.0 Å². The third kappa shape index (κ3) is 7.18. The van der Waals surface area contributed by atoms with Gasteiger partial charge in [-0.3, -0.25) is 0 Å². The molecule has 9 rings (SSSR count). The first-order valence-corrected chi connectivity index (χ1v) is 20.2. The van der Waals surface area contributed by atoms with Crippen molar-refractivity contribution >= 4 is 0 Å². The minimum Gasteiger partial charge on any atom is -0.208 e. The lowest BCUT2D eigenvalue weighted by Crippen LogP contribution is -2.42. The summed E-state index contributed by atoms with van der Waals surface area (Å²) in [6.07, 6.45) is 7.97. The lowest BCUT2D eigenvalue weighted by Gasteiger charge is -2.51. The van der Waals surface area contributed by atoms with E-state index >= 15 is 0 Å². The zero-order valence-electron chi connectivity index (χ0n) is 32.2. The molecule has 2 aliphatic rings. The second kappa shape index (κ2) is 15.2. The van der Waals surface area contributed by atoms with Crippen LogP contribution in [0.15, 0.2) is 152 Å². The molecule has 0 spiro atoms. The van der Waals surface area contributed by atoms with E-state index in [9.17, 15) is 0 Å². The number of nitrogens with zero attached hydrogens (tertiary/aromatic N) is 4. The molecule has 0 radical (unpaired) electrons. The Morgan fingerprint density at radius 1 is 0.518 bits per heavy atom. The third-order valence-electron chi connectivity index (χ3n) is 12.4. The van der Waals surface area contributed by atoms with Gasteiger partial charge < -0.3 is 0 Å². The van der Waals surface area contributed by atoms with Crippen molar-refractivity contribution in [2.45, 2.75) is 57.8 Å². The zero-order chi connectivity index (χ0) is 38.1. The molecule has 56 heavy (non-hydrogen) atoms. The molecule has 1 unspecified atom stereocenters. The molecule has 0 saturated heterocycles. The maximum Gasteiger partial charge on any atom is 0.164 e. The Balaban J connectivity index is 1.06.